The number of aryl methyl sites for hydroxylation is 1. The van der Waals surface area contributed by atoms with Crippen molar-refractivity contribution in [3.05, 3.63) is 63.0 Å². The summed E-state index contributed by atoms with van der Waals surface area (Å²) in [7, 11) is 3.18. The van der Waals surface area contributed by atoms with Crippen molar-refractivity contribution in [1.82, 2.24) is 9.88 Å². The van der Waals surface area contributed by atoms with Crippen LogP contribution in [-0.2, 0) is 27.5 Å². The first-order valence-corrected chi connectivity index (χ1v) is 11.6. The molecule has 2 aromatic carbocycles. The van der Waals surface area contributed by atoms with Gasteiger partial charge < -0.3 is 24.5 Å². The zero-order chi connectivity index (χ0) is 25.7. The molecule has 2 N–H and O–H groups in total. The smallest absolute Gasteiger partial charge is 0.313 e. The van der Waals surface area contributed by atoms with Crippen molar-refractivity contribution in [3.63, 3.8) is 0 Å². The third-order valence-corrected chi connectivity index (χ3v) is 7.63. The zero-order valence-electron chi connectivity index (χ0n) is 19.7. The molecule has 0 radical (unpaired) electrons. The van der Waals surface area contributed by atoms with Crippen LogP contribution < -0.4 is 10.1 Å². The number of hydrogen-bond donors (Lipinski definition) is 2. The van der Waals surface area contributed by atoms with E-state index in [4.69, 9.17) is 32.7 Å². The lowest BCUT2D eigenvalue weighted by Crippen LogP contribution is -2.47. The number of aliphatic carboxylic acids is 1. The molecule has 1 unspecified atom stereocenters. The molecule has 1 saturated heterocycles. The number of halogens is 3. The number of carboxylic acid groups (broad SMARTS) is 1. The average molecular weight is 523 g/mol. The molecule has 0 saturated carbocycles. The fourth-order valence-electron chi connectivity index (χ4n) is 4.39. The van der Waals surface area contributed by atoms with E-state index >= 15 is 4.39 Å². The number of methoxy groups -OCH3 is 1. The maximum absolute atomic E-state index is 15.4. The molecule has 10 heteroatoms. The van der Waals surface area contributed by atoms with Gasteiger partial charge in [-0.05, 0) is 31.5 Å². The van der Waals surface area contributed by atoms with E-state index in [-0.39, 0.29) is 22.2 Å². The Kier molecular flexibility index (Phi) is 6.51. The number of aromatic nitrogens is 1. The summed E-state index contributed by atoms with van der Waals surface area (Å²) in [6, 6.07) is 7.62. The quantitative estimate of drug-likeness (QED) is 0.473. The topological polar surface area (TPSA) is 89.8 Å². The van der Waals surface area contributed by atoms with Gasteiger partial charge in [-0.2, -0.15) is 0 Å². The maximum atomic E-state index is 15.4. The van der Waals surface area contributed by atoms with Crippen molar-refractivity contribution in [2.45, 2.75) is 31.2 Å². The molecule has 7 nitrogen and oxygen atoms in total. The van der Waals surface area contributed by atoms with Crippen LogP contribution in [0.1, 0.15) is 41.9 Å². The van der Waals surface area contributed by atoms with E-state index in [0.29, 0.717) is 40.9 Å². The van der Waals surface area contributed by atoms with Gasteiger partial charge in [0.05, 0.1) is 35.2 Å². The Morgan fingerprint density at radius 3 is 2.51 bits per heavy atom. The first-order chi connectivity index (χ1) is 16.4. The van der Waals surface area contributed by atoms with Gasteiger partial charge in [0.2, 0.25) is 0 Å². The number of fused-ring (bicyclic) bond motifs is 1. The summed E-state index contributed by atoms with van der Waals surface area (Å²) in [5.74, 6) is -1.75. The Balaban J connectivity index is 1.74. The third-order valence-electron chi connectivity index (χ3n) is 6.76. The first kappa shape index (κ1) is 25.3. The third kappa shape index (κ3) is 4.13. The molecule has 2 heterocycles. The molecule has 3 aromatic rings. The van der Waals surface area contributed by atoms with Crippen LogP contribution in [0.5, 0.6) is 5.75 Å². The molecule has 35 heavy (non-hydrogen) atoms. The molecule has 186 valence electrons. The Hall–Kier alpha value is -2.81. The minimum Gasteiger partial charge on any atom is -0.495 e. The van der Waals surface area contributed by atoms with Gasteiger partial charge in [0.25, 0.3) is 5.91 Å². The number of rotatable bonds is 6. The number of benzene rings is 2. The highest BCUT2D eigenvalue weighted by Gasteiger charge is 2.42. The number of nitrogens with zero attached hydrogens (tertiary/aromatic N) is 1. The van der Waals surface area contributed by atoms with Crippen LogP contribution in [0, 0.1) is 5.82 Å². The molecule has 1 aliphatic rings. The number of amides is 1. The zero-order valence-corrected chi connectivity index (χ0v) is 21.2. The van der Waals surface area contributed by atoms with Gasteiger partial charge in [0.1, 0.15) is 22.3 Å². The molecule has 0 spiro atoms. The molecule has 1 aromatic heterocycles. The van der Waals surface area contributed by atoms with Gasteiger partial charge in [0.15, 0.2) is 0 Å². The van der Waals surface area contributed by atoms with Gasteiger partial charge in [-0.25, -0.2) is 4.39 Å². The van der Waals surface area contributed by atoms with E-state index in [9.17, 15) is 14.7 Å². The van der Waals surface area contributed by atoms with Crippen LogP contribution >= 0.6 is 23.2 Å². The lowest BCUT2D eigenvalue weighted by Gasteiger charge is -2.31. The number of hydrogen-bond acceptors (Lipinski definition) is 4. The molecule has 1 aliphatic heterocycles. The van der Waals surface area contributed by atoms with E-state index < -0.39 is 28.6 Å². The summed E-state index contributed by atoms with van der Waals surface area (Å²) in [4.78, 5) is 25.1. The summed E-state index contributed by atoms with van der Waals surface area (Å²) in [5.41, 5.74) is -0.906. The van der Waals surface area contributed by atoms with Gasteiger partial charge in [-0.15, -0.1) is 0 Å². The van der Waals surface area contributed by atoms with Crippen molar-refractivity contribution in [1.29, 1.82) is 0 Å². The fourth-order valence-corrected chi connectivity index (χ4v) is 4.87. The Labute approximate surface area is 211 Å². The van der Waals surface area contributed by atoms with Crippen molar-refractivity contribution < 1.29 is 28.6 Å². The van der Waals surface area contributed by atoms with Crippen LogP contribution in [0.4, 0.5) is 4.39 Å². The molecule has 1 atom stereocenters. The van der Waals surface area contributed by atoms with E-state index in [1.165, 1.54) is 33.1 Å². The molecular formula is C25H25Cl2FN2O5. The Morgan fingerprint density at radius 2 is 1.94 bits per heavy atom. The standard InChI is InChI=1S/C25H25Cl2FN2O5/c1-24(2,23(32)33)13-5-6-15(16(28)9-13)25(7-8-35-12-25)29-22(31)18-10-14-17(30(18)3)11-19(34-4)21(27)20(14)26/h5-6,9-11H,7-8,12H2,1-4H3,(H,29,31)(H,32,33). The van der Waals surface area contributed by atoms with Crippen molar-refractivity contribution in [2.24, 2.45) is 7.05 Å². The lowest BCUT2D eigenvalue weighted by molar-refractivity contribution is -0.142. The van der Waals surface area contributed by atoms with Crippen molar-refractivity contribution in [3.8, 4) is 5.75 Å². The second kappa shape index (κ2) is 9.00. The normalized spacial score (nSPS) is 18.1. The lowest BCUT2D eigenvalue weighted by atomic mass is 9.81. The number of ether oxygens (including phenoxy) is 2. The van der Waals surface area contributed by atoms with Gasteiger partial charge >= 0.3 is 5.97 Å². The predicted octanol–water partition coefficient (Wildman–Crippen LogP) is 5.04. The van der Waals surface area contributed by atoms with Gasteiger partial charge in [-0.1, -0.05) is 35.3 Å². The summed E-state index contributed by atoms with van der Waals surface area (Å²) >= 11 is 12.7. The molecule has 0 aliphatic carbocycles. The Morgan fingerprint density at radius 1 is 1.23 bits per heavy atom. The summed E-state index contributed by atoms with van der Waals surface area (Å²) in [6.07, 6.45) is 0.349. The van der Waals surface area contributed by atoms with Crippen LogP contribution in [0.15, 0.2) is 30.3 Å². The minimum atomic E-state index is -1.27. The van der Waals surface area contributed by atoms with E-state index in [0.717, 1.165) is 0 Å². The molecule has 1 fully saturated rings. The molecule has 1 amide bonds. The van der Waals surface area contributed by atoms with Crippen molar-refractivity contribution in [2.75, 3.05) is 20.3 Å². The molecular weight excluding hydrogens is 498 g/mol. The minimum absolute atomic E-state index is 0.0711. The maximum Gasteiger partial charge on any atom is 0.313 e. The monoisotopic (exact) mass is 522 g/mol. The van der Waals surface area contributed by atoms with Crippen LogP contribution in [0.2, 0.25) is 10.0 Å². The van der Waals surface area contributed by atoms with Gasteiger partial charge in [-0.3, -0.25) is 9.59 Å². The number of nitrogens with one attached hydrogen (secondary N) is 1. The first-order valence-electron chi connectivity index (χ1n) is 10.9. The Bertz CT molecular complexity index is 1350. The van der Waals surface area contributed by atoms with Gasteiger partial charge in [0, 0.05) is 37.1 Å². The SMILES string of the molecule is COc1cc2c(cc(C(=O)NC3(c4ccc(C(C)(C)C(=O)O)cc4F)CCOC3)n2C)c(Cl)c1Cl. The van der Waals surface area contributed by atoms with Crippen LogP contribution in [-0.4, -0.2) is 41.9 Å². The highest BCUT2D eigenvalue weighted by atomic mass is 35.5. The highest BCUT2D eigenvalue weighted by Crippen LogP contribution is 2.40. The largest absolute Gasteiger partial charge is 0.495 e. The highest BCUT2D eigenvalue weighted by molar-refractivity contribution is 6.46. The second-order valence-electron chi connectivity index (χ2n) is 9.19. The van der Waals surface area contributed by atoms with Crippen LogP contribution in [0.3, 0.4) is 0 Å². The number of carbonyl (C=O) groups is 2. The average Bonchev–Trinajstić information content (AvgIpc) is 3.41. The van der Waals surface area contributed by atoms with Crippen molar-refractivity contribution >= 4 is 46.0 Å². The molecule has 0 bridgehead atoms. The van der Waals surface area contributed by atoms with E-state index in [1.54, 1.807) is 29.8 Å². The summed E-state index contributed by atoms with van der Waals surface area (Å²) < 4.78 is 27.9. The van der Waals surface area contributed by atoms with E-state index in [1.807, 2.05) is 0 Å². The molecule has 4 rings (SSSR count). The second-order valence-corrected chi connectivity index (χ2v) is 9.95. The van der Waals surface area contributed by atoms with E-state index in [2.05, 4.69) is 5.32 Å². The summed E-state index contributed by atoms with van der Waals surface area (Å²) in [5, 5.41) is 13.5. The number of carboxylic acids is 1. The fraction of sp³-hybridized carbons (Fsp3) is 0.360. The predicted molar refractivity (Wildman–Crippen MR) is 131 cm³/mol. The summed E-state index contributed by atoms with van der Waals surface area (Å²) in [6.45, 7) is 3.41. The van der Waals surface area contributed by atoms with Crippen LogP contribution in [0.25, 0.3) is 10.9 Å². The number of carbonyl (C=O) groups excluding carboxylic acids is 1.